The SMILES string of the molecule is Nc1cccc(OC(=O)C(F)(F)C(F)(F)C(F)(F)F)c1. The summed E-state index contributed by atoms with van der Waals surface area (Å²) >= 11 is 0. The number of rotatable bonds is 3. The highest BCUT2D eigenvalue weighted by atomic mass is 19.4. The van der Waals surface area contributed by atoms with Gasteiger partial charge in [0.25, 0.3) is 0 Å². The Morgan fingerprint density at radius 3 is 2.05 bits per heavy atom. The summed E-state index contributed by atoms with van der Waals surface area (Å²) in [6, 6.07) is 4.06. The number of halogens is 7. The lowest BCUT2D eigenvalue weighted by Gasteiger charge is -2.26. The third-order valence-corrected chi connectivity index (χ3v) is 2.08. The maximum Gasteiger partial charge on any atom is 0.460 e. The molecule has 3 nitrogen and oxygen atoms in total. The van der Waals surface area contributed by atoms with Crippen LogP contribution in [0.4, 0.5) is 36.4 Å². The summed E-state index contributed by atoms with van der Waals surface area (Å²) in [5.41, 5.74) is 5.12. The Hall–Kier alpha value is -2.00. The molecule has 0 heterocycles. The number of hydrogen-bond donors (Lipinski definition) is 1. The first-order chi connectivity index (χ1) is 8.89. The van der Waals surface area contributed by atoms with Crippen molar-refractivity contribution in [3.05, 3.63) is 24.3 Å². The number of carbonyl (C=O) groups excluding carboxylic acids is 1. The summed E-state index contributed by atoms with van der Waals surface area (Å²) in [5, 5.41) is 0. The zero-order valence-electron chi connectivity index (χ0n) is 9.35. The van der Waals surface area contributed by atoms with Gasteiger partial charge in [-0.2, -0.15) is 30.7 Å². The van der Waals surface area contributed by atoms with Gasteiger partial charge in [-0.1, -0.05) is 6.07 Å². The van der Waals surface area contributed by atoms with Gasteiger partial charge in [-0.25, -0.2) is 4.79 Å². The van der Waals surface area contributed by atoms with E-state index in [9.17, 15) is 35.5 Å². The Bertz CT molecular complexity index is 513. The molecule has 10 heteroatoms. The highest BCUT2D eigenvalue weighted by molar-refractivity contribution is 5.81. The topological polar surface area (TPSA) is 52.3 Å². The van der Waals surface area contributed by atoms with Gasteiger partial charge in [0.05, 0.1) is 0 Å². The largest absolute Gasteiger partial charge is 0.460 e. The van der Waals surface area contributed by atoms with Crippen LogP contribution in [-0.2, 0) is 4.79 Å². The number of ether oxygens (including phenoxy) is 1. The van der Waals surface area contributed by atoms with E-state index in [-0.39, 0.29) is 5.69 Å². The van der Waals surface area contributed by atoms with E-state index in [1.165, 1.54) is 6.07 Å². The Morgan fingerprint density at radius 1 is 1.05 bits per heavy atom. The van der Waals surface area contributed by atoms with Crippen LogP contribution in [0.3, 0.4) is 0 Å². The van der Waals surface area contributed by atoms with Gasteiger partial charge in [-0.15, -0.1) is 0 Å². The minimum atomic E-state index is -6.61. The number of anilines is 1. The molecule has 0 saturated carbocycles. The predicted octanol–water partition coefficient (Wildman–Crippen LogP) is 3.01. The quantitative estimate of drug-likeness (QED) is 0.404. The highest BCUT2D eigenvalue weighted by Gasteiger charge is 2.77. The van der Waals surface area contributed by atoms with Gasteiger partial charge in [0.15, 0.2) is 0 Å². The normalized spacial score (nSPS) is 13.2. The fraction of sp³-hybridized carbons (Fsp3) is 0.300. The van der Waals surface area contributed by atoms with Gasteiger partial charge in [-0.3, -0.25) is 0 Å². The van der Waals surface area contributed by atoms with Crippen molar-refractivity contribution in [1.82, 2.24) is 0 Å². The second-order valence-corrected chi connectivity index (χ2v) is 3.61. The summed E-state index contributed by atoms with van der Waals surface area (Å²) in [5.74, 6) is -16.4. The average Bonchev–Trinajstić information content (AvgIpc) is 2.27. The average molecular weight is 305 g/mol. The van der Waals surface area contributed by atoms with Gasteiger partial charge in [-0.05, 0) is 12.1 Å². The van der Waals surface area contributed by atoms with E-state index in [2.05, 4.69) is 4.74 Å². The van der Waals surface area contributed by atoms with Crippen molar-refractivity contribution in [1.29, 1.82) is 0 Å². The molecular formula is C10H6F7NO2. The van der Waals surface area contributed by atoms with Crippen molar-refractivity contribution in [2.45, 2.75) is 18.0 Å². The van der Waals surface area contributed by atoms with Crippen molar-refractivity contribution in [3.8, 4) is 5.75 Å². The molecule has 0 aliphatic rings. The maximum absolute atomic E-state index is 12.9. The van der Waals surface area contributed by atoms with Crippen LogP contribution < -0.4 is 10.5 Å². The molecule has 20 heavy (non-hydrogen) atoms. The fourth-order valence-electron chi connectivity index (χ4n) is 1.06. The molecule has 2 N–H and O–H groups in total. The van der Waals surface area contributed by atoms with E-state index in [0.29, 0.717) is 0 Å². The predicted molar refractivity (Wildman–Crippen MR) is 52.4 cm³/mol. The lowest BCUT2D eigenvalue weighted by atomic mass is 10.1. The van der Waals surface area contributed by atoms with Crippen LogP contribution in [0, 0.1) is 0 Å². The monoisotopic (exact) mass is 305 g/mol. The van der Waals surface area contributed by atoms with Crippen molar-refractivity contribution in [3.63, 3.8) is 0 Å². The molecule has 1 rings (SSSR count). The summed E-state index contributed by atoms with van der Waals surface area (Å²) in [6.45, 7) is 0. The molecule has 1 aromatic carbocycles. The van der Waals surface area contributed by atoms with E-state index in [4.69, 9.17) is 5.73 Å². The van der Waals surface area contributed by atoms with Gasteiger partial charge in [0.1, 0.15) is 5.75 Å². The first-order valence-corrected chi connectivity index (χ1v) is 4.80. The number of hydrogen-bond acceptors (Lipinski definition) is 3. The van der Waals surface area contributed by atoms with Crippen molar-refractivity contribution in [2.75, 3.05) is 5.73 Å². The van der Waals surface area contributed by atoms with E-state index >= 15 is 0 Å². The molecule has 0 aliphatic heterocycles. The van der Waals surface area contributed by atoms with E-state index in [1.54, 1.807) is 0 Å². The first-order valence-electron chi connectivity index (χ1n) is 4.80. The third-order valence-electron chi connectivity index (χ3n) is 2.08. The fourth-order valence-corrected chi connectivity index (χ4v) is 1.06. The molecule has 0 atom stereocenters. The minimum absolute atomic E-state index is 0.0683. The molecule has 0 aliphatic carbocycles. The lowest BCUT2D eigenvalue weighted by molar-refractivity contribution is -0.346. The Morgan fingerprint density at radius 2 is 1.60 bits per heavy atom. The number of nitrogens with two attached hydrogens (primary N) is 1. The molecule has 1 aromatic rings. The van der Waals surface area contributed by atoms with Crippen LogP contribution in [0.2, 0.25) is 0 Å². The molecule has 0 radical (unpaired) electrons. The van der Waals surface area contributed by atoms with Crippen LogP contribution in [-0.4, -0.2) is 24.0 Å². The van der Waals surface area contributed by atoms with Crippen LogP contribution in [0.25, 0.3) is 0 Å². The highest BCUT2D eigenvalue weighted by Crippen LogP contribution is 2.47. The molecule has 0 fully saturated rings. The standard InChI is InChI=1S/C10H6F7NO2/c11-8(12,9(13,14)10(15,16)17)7(19)20-6-3-1-2-5(18)4-6/h1-4H,18H2. The summed E-state index contributed by atoms with van der Waals surface area (Å²) in [7, 11) is 0. The van der Waals surface area contributed by atoms with Crippen LogP contribution in [0.15, 0.2) is 24.3 Å². The van der Waals surface area contributed by atoms with Gasteiger partial charge >= 0.3 is 24.0 Å². The Balaban J connectivity index is 3.01. The molecule has 0 bridgehead atoms. The van der Waals surface area contributed by atoms with E-state index in [0.717, 1.165) is 18.2 Å². The number of nitrogen functional groups attached to an aromatic ring is 1. The summed E-state index contributed by atoms with van der Waals surface area (Å²) in [6.07, 6.45) is -6.61. The van der Waals surface area contributed by atoms with Gasteiger partial charge in [0, 0.05) is 11.8 Å². The van der Waals surface area contributed by atoms with E-state index in [1.807, 2.05) is 0 Å². The third kappa shape index (κ3) is 2.78. The molecule has 112 valence electrons. The molecule has 0 amide bonds. The van der Waals surface area contributed by atoms with Crippen molar-refractivity contribution < 1.29 is 40.3 Å². The first kappa shape index (κ1) is 16.1. The van der Waals surface area contributed by atoms with E-state index < -0.39 is 29.7 Å². The second-order valence-electron chi connectivity index (χ2n) is 3.61. The van der Waals surface area contributed by atoms with Gasteiger partial charge in [0.2, 0.25) is 0 Å². The zero-order chi connectivity index (χ0) is 15.8. The minimum Gasteiger partial charge on any atom is -0.422 e. The van der Waals surface area contributed by atoms with Crippen molar-refractivity contribution >= 4 is 11.7 Å². The molecule has 0 saturated heterocycles. The number of benzene rings is 1. The summed E-state index contributed by atoms with van der Waals surface area (Å²) in [4.78, 5) is 10.8. The molecular weight excluding hydrogens is 299 g/mol. The number of carbonyl (C=O) groups is 1. The van der Waals surface area contributed by atoms with Crippen LogP contribution in [0.5, 0.6) is 5.75 Å². The summed E-state index contributed by atoms with van der Waals surface area (Å²) < 4.78 is 90.2. The second kappa shape index (κ2) is 4.84. The Kier molecular flexibility index (Phi) is 3.88. The zero-order valence-corrected chi connectivity index (χ0v) is 9.35. The lowest BCUT2D eigenvalue weighted by Crippen LogP contribution is -2.57. The van der Waals surface area contributed by atoms with Crippen molar-refractivity contribution in [2.24, 2.45) is 0 Å². The Labute approximate surface area is 107 Å². The van der Waals surface area contributed by atoms with Gasteiger partial charge < -0.3 is 10.5 Å². The maximum atomic E-state index is 12.9. The smallest absolute Gasteiger partial charge is 0.422 e. The molecule has 0 spiro atoms. The number of alkyl halides is 7. The van der Waals surface area contributed by atoms with Crippen LogP contribution >= 0.6 is 0 Å². The number of esters is 1. The van der Waals surface area contributed by atoms with Crippen LogP contribution in [0.1, 0.15) is 0 Å². The molecule has 0 unspecified atom stereocenters. The molecule has 0 aromatic heterocycles.